The van der Waals surface area contributed by atoms with Gasteiger partial charge in [0.25, 0.3) is 0 Å². The fourth-order valence-corrected chi connectivity index (χ4v) is 13.4. The van der Waals surface area contributed by atoms with E-state index in [1.807, 2.05) is 51.1 Å². The maximum Gasteiger partial charge on any atom is 0.331 e. The molecule has 0 aromatic heterocycles. The number of ether oxygens (including phenoxy) is 10. The molecule has 3 N–H and O–H groups in total. The summed E-state index contributed by atoms with van der Waals surface area (Å²) in [5.41, 5.74) is -2.95. The second-order valence-corrected chi connectivity index (χ2v) is 20.6. The molecule has 20 atom stereocenters. The minimum Gasteiger partial charge on any atom is -0.458 e. The Morgan fingerprint density at radius 1 is 0.758 bits per heavy atom. The van der Waals surface area contributed by atoms with Gasteiger partial charge in [-0.25, -0.2) is 4.79 Å². The van der Waals surface area contributed by atoms with Gasteiger partial charge in [0.15, 0.2) is 18.9 Å². The van der Waals surface area contributed by atoms with Gasteiger partial charge in [0.1, 0.15) is 41.4 Å². The number of methoxy groups -OCH3 is 3. The summed E-state index contributed by atoms with van der Waals surface area (Å²) in [6, 6.07) is 9.47. The van der Waals surface area contributed by atoms with Gasteiger partial charge >= 0.3 is 5.97 Å². The smallest absolute Gasteiger partial charge is 0.331 e. The van der Waals surface area contributed by atoms with Crippen LogP contribution in [0.4, 0.5) is 0 Å². The monoisotopic (exact) mass is 927 g/mol. The summed E-state index contributed by atoms with van der Waals surface area (Å²) in [4.78, 5) is 26.8. The van der Waals surface area contributed by atoms with E-state index < -0.39 is 108 Å². The van der Waals surface area contributed by atoms with Gasteiger partial charge in [-0.3, -0.25) is 4.79 Å². The standard InChI is InChI=1S/C51H74O15/c1-28(52)35-19-22-51(56)49(35,6)40(64-41(53)16-15-32-13-11-10-12-14-32)27-39-48(5)20-18-34(23-33(48)17-21-50(39,51)55)63-42-25-37(58-8)46(30(3)61-42)66-44-26-38(59-9)47(31(4)62-44)65-43-24-36(57-7)45(54)29(2)60-43/h10-17,29-31,34-40,42-47,54-56H,18-27H2,1-9H3/t29-,30-,31-,34+,35+,36-,37+,38-,39-,40-,42+,43+,44+,45-,46-,47-,48+,49+,50+,51-/m1/s1. The van der Waals surface area contributed by atoms with Gasteiger partial charge in [-0.1, -0.05) is 55.8 Å². The van der Waals surface area contributed by atoms with Crippen LogP contribution in [0.5, 0.6) is 0 Å². The minimum absolute atomic E-state index is 0.0827. The van der Waals surface area contributed by atoms with Gasteiger partial charge < -0.3 is 62.7 Å². The zero-order valence-electron chi connectivity index (χ0n) is 40.2. The van der Waals surface area contributed by atoms with Crippen molar-refractivity contribution < 1.29 is 72.3 Å². The van der Waals surface area contributed by atoms with Gasteiger partial charge in [-0.15, -0.1) is 0 Å². The largest absolute Gasteiger partial charge is 0.458 e. The highest BCUT2D eigenvalue weighted by Gasteiger charge is 2.77. The summed E-state index contributed by atoms with van der Waals surface area (Å²) < 4.78 is 62.3. The molecule has 368 valence electrons. The average Bonchev–Trinajstić information content (AvgIpc) is 3.59. The predicted molar refractivity (Wildman–Crippen MR) is 239 cm³/mol. The van der Waals surface area contributed by atoms with Crippen LogP contribution >= 0.6 is 0 Å². The first-order valence-electron chi connectivity index (χ1n) is 24.2. The maximum absolute atomic E-state index is 13.5. The van der Waals surface area contributed by atoms with E-state index >= 15 is 0 Å². The number of carbonyl (C=O) groups excluding carboxylic acids is 2. The van der Waals surface area contributed by atoms with Crippen molar-refractivity contribution in [3.05, 3.63) is 53.6 Å². The molecule has 1 aromatic rings. The lowest BCUT2D eigenvalue weighted by Crippen LogP contribution is -2.75. The second kappa shape index (κ2) is 19.6. The molecular formula is C51H74O15. The molecule has 15 heteroatoms. The van der Waals surface area contributed by atoms with Crippen molar-refractivity contribution in [1.29, 1.82) is 0 Å². The Balaban J connectivity index is 0.911. The van der Waals surface area contributed by atoms with E-state index in [0.717, 1.165) is 11.1 Å². The quantitative estimate of drug-likeness (QED) is 0.126. The molecule has 7 aliphatic rings. The van der Waals surface area contributed by atoms with Gasteiger partial charge in [-0.05, 0) is 89.7 Å². The van der Waals surface area contributed by atoms with E-state index in [9.17, 15) is 24.9 Å². The fourth-order valence-electron chi connectivity index (χ4n) is 13.4. The van der Waals surface area contributed by atoms with Crippen LogP contribution in [0.2, 0.25) is 0 Å². The summed E-state index contributed by atoms with van der Waals surface area (Å²) in [6.45, 7) is 11.2. The van der Waals surface area contributed by atoms with Crippen LogP contribution in [0, 0.1) is 22.7 Å². The van der Waals surface area contributed by atoms with Crippen LogP contribution in [-0.2, 0) is 57.0 Å². The molecule has 6 fully saturated rings. The number of fused-ring (bicyclic) bond motifs is 5. The Hall–Kier alpha value is -2.64. The number of aliphatic hydroxyl groups excluding tert-OH is 1. The lowest BCUT2D eigenvalue weighted by atomic mass is 9.43. The molecule has 3 saturated carbocycles. The number of ketones is 1. The molecule has 15 nitrogen and oxygen atoms in total. The summed E-state index contributed by atoms with van der Waals surface area (Å²) in [6.07, 6.45) is 2.69. The van der Waals surface area contributed by atoms with Gasteiger partial charge in [0.2, 0.25) is 0 Å². The number of benzene rings is 1. The van der Waals surface area contributed by atoms with Crippen molar-refractivity contribution in [2.24, 2.45) is 22.7 Å². The van der Waals surface area contributed by atoms with E-state index in [1.165, 1.54) is 13.0 Å². The molecule has 0 unspecified atom stereocenters. The molecule has 0 radical (unpaired) electrons. The Morgan fingerprint density at radius 3 is 1.92 bits per heavy atom. The fraction of sp³-hybridized carbons (Fsp3) is 0.765. The van der Waals surface area contributed by atoms with Crippen molar-refractivity contribution in [2.75, 3.05) is 21.3 Å². The van der Waals surface area contributed by atoms with E-state index in [0.29, 0.717) is 51.4 Å². The van der Waals surface area contributed by atoms with E-state index in [4.69, 9.17) is 47.4 Å². The molecule has 0 amide bonds. The number of hydrogen-bond acceptors (Lipinski definition) is 15. The Labute approximate surface area is 389 Å². The molecule has 3 saturated heterocycles. The molecule has 8 rings (SSSR count). The van der Waals surface area contributed by atoms with Crippen LogP contribution in [0.15, 0.2) is 48.1 Å². The van der Waals surface area contributed by atoms with E-state index in [1.54, 1.807) is 34.3 Å². The summed E-state index contributed by atoms with van der Waals surface area (Å²) in [5.74, 6) is -1.66. The highest BCUT2D eigenvalue weighted by Crippen LogP contribution is 2.70. The third kappa shape index (κ3) is 8.91. The van der Waals surface area contributed by atoms with Crippen LogP contribution < -0.4 is 0 Å². The van der Waals surface area contributed by atoms with Crippen molar-refractivity contribution in [1.82, 2.24) is 0 Å². The van der Waals surface area contributed by atoms with Gasteiger partial charge in [-0.2, -0.15) is 0 Å². The molecule has 0 bridgehead atoms. The second-order valence-electron chi connectivity index (χ2n) is 20.6. The number of hydrogen-bond donors (Lipinski definition) is 3. The lowest BCUT2D eigenvalue weighted by Gasteiger charge is -2.66. The molecule has 3 aliphatic heterocycles. The number of carbonyl (C=O) groups is 2. The number of aliphatic hydroxyl groups is 3. The molecular weight excluding hydrogens is 853 g/mol. The third-order valence-corrected chi connectivity index (χ3v) is 17.1. The molecule has 1 aromatic carbocycles. The first kappa shape index (κ1) is 49.8. The van der Waals surface area contributed by atoms with Crippen LogP contribution in [0.25, 0.3) is 6.08 Å². The highest BCUT2D eigenvalue weighted by atomic mass is 16.7. The summed E-state index contributed by atoms with van der Waals surface area (Å²) in [7, 11) is 4.87. The first-order chi connectivity index (χ1) is 31.4. The minimum atomic E-state index is -1.67. The molecule has 4 aliphatic carbocycles. The zero-order valence-corrected chi connectivity index (χ0v) is 40.2. The Morgan fingerprint density at radius 2 is 1.33 bits per heavy atom. The number of rotatable bonds is 13. The van der Waals surface area contributed by atoms with Crippen molar-refractivity contribution in [3.63, 3.8) is 0 Å². The molecule has 3 heterocycles. The van der Waals surface area contributed by atoms with E-state index in [-0.39, 0.29) is 36.9 Å². The SMILES string of the molecule is CO[C@H]1C[C@H](O[C@H]2CC[C@@]3(C)C(=CC[C@]4(O)[C@@H]3C[C@@H](OC(=O)C=Cc3ccccc3)[C@]3(C)[C@H](C(C)=O)CC[C@@]34O)C2)O[C@H](C)[C@H]1O[C@H]1C[C@@H](OC)[C@H](O[C@H]2C[C@@H](OC)[C@H](O)[C@@H](C)O2)[C@@H](C)O1. The summed E-state index contributed by atoms with van der Waals surface area (Å²) in [5, 5.41) is 36.3. The zero-order chi connectivity index (χ0) is 47.3. The van der Waals surface area contributed by atoms with Crippen molar-refractivity contribution in [3.8, 4) is 0 Å². The maximum atomic E-state index is 13.5. The van der Waals surface area contributed by atoms with Gasteiger partial charge in [0.05, 0.1) is 42.7 Å². The number of esters is 1. The van der Waals surface area contributed by atoms with Crippen LogP contribution in [0.1, 0.15) is 111 Å². The molecule has 0 spiro atoms. The van der Waals surface area contributed by atoms with Gasteiger partial charge in [0, 0.05) is 63.9 Å². The third-order valence-electron chi connectivity index (χ3n) is 17.1. The van der Waals surface area contributed by atoms with Crippen LogP contribution in [-0.4, -0.2) is 146 Å². The van der Waals surface area contributed by atoms with E-state index in [2.05, 4.69) is 13.0 Å². The average molecular weight is 927 g/mol. The highest BCUT2D eigenvalue weighted by molar-refractivity contribution is 5.87. The van der Waals surface area contributed by atoms with Crippen LogP contribution in [0.3, 0.4) is 0 Å². The summed E-state index contributed by atoms with van der Waals surface area (Å²) >= 11 is 0. The van der Waals surface area contributed by atoms with Crippen molar-refractivity contribution in [2.45, 2.75) is 203 Å². The Kier molecular flexibility index (Phi) is 14.8. The first-order valence-corrected chi connectivity index (χ1v) is 24.2. The molecule has 66 heavy (non-hydrogen) atoms. The van der Waals surface area contributed by atoms with Crippen molar-refractivity contribution >= 4 is 17.8 Å². The lowest BCUT2D eigenvalue weighted by molar-refractivity contribution is -0.338. The normalized spacial score (nSPS) is 47.1. The number of Topliss-reactive ketones (excluding diaryl/α,β-unsaturated/α-hetero) is 1. The Bertz CT molecular complexity index is 1930. The topological polar surface area (TPSA) is 187 Å². The predicted octanol–water partition coefficient (Wildman–Crippen LogP) is 5.59.